The Morgan fingerprint density at radius 1 is 1.23 bits per heavy atom. The number of hydrogen-bond acceptors (Lipinski definition) is 3. The van der Waals surface area contributed by atoms with E-state index in [2.05, 4.69) is 13.8 Å². The summed E-state index contributed by atoms with van der Waals surface area (Å²) in [7, 11) is 0. The van der Waals surface area contributed by atoms with Crippen LogP contribution in [0.15, 0.2) is 0 Å². The van der Waals surface area contributed by atoms with Crippen molar-refractivity contribution in [1.29, 1.82) is 0 Å². The highest BCUT2D eigenvalue weighted by Gasteiger charge is 2.06. The fraction of sp³-hybridized carbons (Fsp3) is 0.900. The lowest BCUT2D eigenvalue weighted by Gasteiger charge is -2.14. The van der Waals surface area contributed by atoms with Crippen molar-refractivity contribution in [2.45, 2.75) is 40.2 Å². The quantitative estimate of drug-likeness (QED) is 0.598. The van der Waals surface area contributed by atoms with Crippen molar-refractivity contribution in [3.8, 4) is 0 Å². The summed E-state index contributed by atoms with van der Waals surface area (Å²) in [5, 5.41) is 0. The average molecular weight is 188 g/mol. The normalized spacial score (nSPS) is 13.0. The average Bonchev–Trinajstić information content (AvgIpc) is 2.10. The third kappa shape index (κ3) is 7.78. The van der Waals surface area contributed by atoms with Crippen molar-refractivity contribution >= 4 is 5.97 Å². The van der Waals surface area contributed by atoms with Gasteiger partial charge in [0.1, 0.15) is 6.61 Å². The summed E-state index contributed by atoms with van der Waals surface area (Å²) < 4.78 is 10.3. The summed E-state index contributed by atoms with van der Waals surface area (Å²) in [6.45, 7) is 8.94. The highest BCUT2D eigenvalue weighted by atomic mass is 16.6. The molecule has 0 aliphatic heterocycles. The maximum Gasteiger partial charge on any atom is 0.305 e. The van der Waals surface area contributed by atoms with Gasteiger partial charge < -0.3 is 9.47 Å². The summed E-state index contributed by atoms with van der Waals surface area (Å²) >= 11 is 0. The molecule has 0 amide bonds. The number of carbonyl (C=O) groups is 1. The predicted molar refractivity (Wildman–Crippen MR) is 51.5 cm³/mol. The van der Waals surface area contributed by atoms with Gasteiger partial charge >= 0.3 is 5.97 Å². The molecule has 0 spiro atoms. The molecule has 13 heavy (non-hydrogen) atoms. The molecule has 0 bridgehead atoms. The maximum atomic E-state index is 10.8. The van der Waals surface area contributed by atoms with Gasteiger partial charge in [0.05, 0.1) is 6.10 Å². The number of hydrogen-bond donors (Lipinski definition) is 0. The Hall–Kier alpha value is -0.570. The fourth-order valence-corrected chi connectivity index (χ4v) is 0.717. The molecular weight excluding hydrogens is 168 g/mol. The Morgan fingerprint density at radius 2 is 1.85 bits per heavy atom. The second-order valence-corrected chi connectivity index (χ2v) is 3.57. The minimum Gasteiger partial charge on any atom is -0.463 e. The molecule has 78 valence electrons. The molecule has 0 aromatic carbocycles. The van der Waals surface area contributed by atoms with Gasteiger partial charge in [-0.2, -0.15) is 0 Å². The summed E-state index contributed by atoms with van der Waals surface area (Å²) in [5.41, 5.74) is 0. The highest BCUT2D eigenvalue weighted by molar-refractivity contribution is 5.68. The van der Waals surface area contributed by atoms with Crippen LogP contribution in [0.5, 0.6) is 0 Å². The molecule has 0 saturated heterocycles. The van der Waals surface area contributed by atoms with Gasteiger partial charge in [0.2, 0.25) is 0 Å². The Balaban J connectivity index is 3.40. The third-order valence-corrected chi connectivity index (χ3v) is 1.48. The van der Waals surface area contributed by atoms with Gasteiger partial charge in [-0.3, -0.25) is 4.79 Å². The molecule has 0 aromatic heterocycles. The zero-order valence-corrected chi connectivity index (χ0v) is 9.00. The zero-order chi connectivity index (χ0) is 10.3. The molecule has 0 aliphatic carbocycles. The van der Waals surface area contributed by atoms with E-state index in [4.69, 9.17) is 9.47 Å². The molecule has 0 saturated carbocycles. The van der Waals surface area contributed by atoms with E-state index < -0.39 is 0 Å². The maximum absolute atomic E-state index is 10.8. The Morgan fingerprint density at radius 3 is 2.31 bits per heavy atom. The van der Waals surface area contributed by atoms with Crippen LogP contribution in [-0.2, 0) is 14.3 Å². The van der Waals surface area contributed by atoms with Crippen LogP contribution in [-0.4, -0.2) is 25.3 Å². The van der Waals surface area contributed by atoms with Crippen LogP contribution >= 0.6 is 0 Å². The van der Waals surface area contributed by atoms with Gasteiger partial charge in [0.25, 0.3) is 0 Å². The number of ether oxygens (including phenoxy) is 2. The van der Waals surface area contributed by atoms with E-state index in [9.17, 15) is 4.79 Å². The van der Waals surface area contributed by atoms with Gasteiger partial charge in [-0.1, -0.05) is 20.8 Å². The zero-order valence-electron chi connectivity index (χ0n) is 9.00. The molecule has 1 atom stereocenters. The van der Waals surface area contributed by atoms with Crippen LogP contribution < -0.4 is 0 Å². The van der Waals surface area contributed by atoms with Crippen LogP contribution in [0.4, 0.5) is 0 Å². The predicted octanol–water partition coefficient (Wildman–Crippen LogP) is 2.00. The number of carbonyl (C=O) groups excluding carboxylic acids is 1. The van der Waals surface area contributed by atoms with E-state index in [0.717, 1.165) is 0 Å². The molecule has 0 rings (SSSR count). The minimum atomic E-state index is -0.167. The Bertz CT molecular complexity index is 143. The fourth-order valence-electron chi connectivity index (χ4n) is 0.717. The third-order valence-electron chi connectivity index (χ3n) is 1.48. The molecule has 0 aliphatic rings. The van der Waals surface area contributed by atoms with Crippen molar-refractivity contribution in [1.82, 2.24) is 0 Å². The van der Waals surface area contributed by atoms with Crippen LogP contribution in [0, 0.1) is 5.92 Å². The second-order valence-electron chi connectivity index (χ2n) is 3.57. The lowest BCUT2D eigenvalue weighted by Crippen LogP contribution is -2.20. The van der Waals surface area contributed by atoms with Crippen molar-refractivity contribution in [2.24, 2.45) is 5.92 Å². The first-order valence-corrected chi connectivity index (χ1v) is 4.83. The molecule has 0 N–H and O–H groups in total. The first-order chi connectivity index (χ1) is 6.06. The van der Waals surface area contributed by atoms with Gasteiger partial charge in [-0.05, 0) is 12.8 Å². The first-order valence-electron chi connectivity index (χ1n) is 4.83. The lowest BCUT2D eigenvalue weighted by atomic mass is 10.2. The van der Waals surface area contributed by atoms with Crippen molar-refractivity contribution in [3.05, 3.63) is 0 Å². The summed E-state index contributed by atoms with van der Waals surface area (Å²) in [6.07, 6.45) is 0.426. The van der Waals surface area contributed by atoms with Gasteiger partial charge in [0.15, 0.2) is 0 Å². The molecule has 0 aromatic rings. The molecule has 1 unspecified atom stereocenters. The van der Waals surface area contributed by atoms with Crippen LogP contribution in [0.25, 0.3) is 0 Å². The van der Waals surface area contributed by atoms with Gasteiger partial charge in [0, 0.05) is 13.0 Å². The van der Waals surface area contributed by atoms with E-state index >= 15 is 0 Å². The van der Waals surface area contributed by atoms with Crippen LogP contribution in [0.3, 0.4) is 0 Å². The molecule has 0 heterocycles. The largest absolute Gasteiger partial charge is 0.463 e. The Labute approximate surface area is 80.4 Å². The van der Waals surface area contributed by atoms with Crippen molar-refractivity contribution in [2.75, 3.05) is 13.2 Å². The molecular formula is C10H20O3. The highest BCUT2D eigenvalue weighted by Crippen LogP contribution is 1.99. The van der Waals surface area contributed by atoms with E-state index in [0.29, 0.717) is 25.6 Å². The van der Waals surface area contributed by atoms with Crippen LogP contribution in [0.2, 0.25) is 0 Å². The Kier molecular flexibility index (Phi) is 6.59. The summed E-state index contributed by atoms with van der Waals surface area (Å²) in [4.78, 5) is 10.8. The van der Waals surface area contributed by atoms with Gasteiger partial charge in [-0.15, -0.1) is 0 Å². The molecule has 0 radical (unpaired) electrons. The van der Waals surface area contributed by atoms with E-state index in [1.54, 1.807) is 6.92 Å². The topological polar surface area (TPSA) is 35.5 Å². The second kappa shape index (κ2) is 6.89. The van der Waals surface area contributed by atoms with Crippen LogP contribution in [0.1, 0.15) is 34.1 Å². The summed E-state index contributed by atoms with van der Waals surface area (Å²) in [5.74, 6) is 0.351. The van der Waals surface area contributed by atoms with Gasteiger partial charge in [-0.25, -0.2) is 0 Å². The van der Waals surface area contributed by atoms with E-state index in [1.165, 1.54) is 0 Å². The monoisotopic (exact) mass is 188 g/mol. The molecule has 0 fully saturated rings. The minimum absolute atomic E-state index is 0.00194. The van der Waals surface area contributed by atoms with E-state index in [-0.39, 0.29) is 12.1 Å². The SMILES string of the molecule is CCC(=O)OCC(C)OCC(C)C. The first kappa shape index (κ1) is 12.4. The molecule has 3 nitrogen and oxygen atoms in total. The number of esters is 1. The molecule has 3 heteroatoms. The lowest BCUT2D eigenvalue weighted by molar-refractivity contribution is -0.147. The van der Waals surface area contributed by atoms with Crippen molar-refractivity contribution in [3.63, 3.8) is 0 Å². The standard InChI is InChI=1S/C10H20O3/c1-5-10(11)13-7-9(4)12-6-8(2)3/h8-9H,5-7H2,1-4H3. The van der Waals surface area contributed by atoms with Crippen molar-refractivity contribution < 1.29 is 14.3 Å². The smallest absolute Gasteiger partial charge is 0.305 e. The summed E-state index contributed by atoms with van der Waals surface area (Å²) in [6, 6.07) is 0. The number of rotatable bonds is 6. The van der Waals surface area contributed by atoms with E-state index in [1.807, 2.05) is 6.92 Å².